The van der Waals surface area contributed by atoms with Gasteiger partial charge in [-0.15, -0.1) is 0 Å². The summed E-state index contributed by atoms with van der Waals surface area (Å²) in [7, 11) is 0. The summed E-state index contributed by atoms with van der Waals surface area (Å²) in [6.45, 7) is 15.0. The molecule has 0 saturated carbocycles. The molecule has 0 atom stereocenters. The van der Waals surface area contributed by atoms with Crippen molar-refractivity contribution in [2.24, 2.45) is 0 Å². The van der Waals surface area contributed by atoms with E-state index < -0.39 is 0 Å². The maximum Gasteiger partial charge on any atom is 0.120 e. The summed E-state index contributed by atoms with van der Waals surface area (Å²) in [6.07, 6.45) is 14.7. The van der Waals surface area contributed by atoms with E-state index in [4.69, 9.17) is 61.5 Å². The number of unbranched alkanes of at least 4 members (excludes halogenated alkanes) is 4. The number of pyridine rings is 2. The van der Waals surface area contributed by atoms with E-state index in [0.29, 0.717) is 32.2 Å². The Morgan fingerprint density at radius 3 is 1.81 bits per heavy atom. The average Bonchev–Trinajstić information content (AvgIpc) is 3.78. The fourth-order valence-electron chi connectivity index (χ4n) is 8.08. The van der Waals surface area contributed by atoms with Crippen molar-refractivity contribution in [3.63, 3.8) is 0 Å². The Hall–Kier alpha value is -3.56. The van der Waals surface area contributed by atoms with E-state index in [1.807, 2.05) is 31.2 Å². The van der Waals surface area contributed by atoms with Crippen molar-refractivity contribution >= 4 is 79.8 Å². The number of H-pyrrole nitrogens is 1. The first kappa shape index (κ1) is 44.0. The highest BCUT2D eigenvalue weighted by atomic mass is 35.5. The summed E-state index contributed by atoms with van der Waals surface area (Å²) < 4.78 is 2.12. The number of fused-ring (bicyclic) bond motifs is 1. The quantitative estimate of drug-likeness (QED) is 0.0950. The molecule has 8 nitrogen and oxygen atoms in total. The number of rotatable bonds is 17. The SMILES string of the molecule is CCCCC(CCCC)N1CCn2nc(-c3ccc(Cl)cc3Cl)c3nc(C)cc1c32.CCCCC(CCCC)Nc1cc(C)nc2c(-c3ccc(Cl)cc3Cl)n[nH]c12. The molecule has 1 aliphatic heterocycles. The summed E-state index contributed by atoms with van der Waals surface area (Å²) in [5.41, 5.74) is 11.4. The van der Waals surface area contributed by atoms with Gasteiger partial charge < -0.3 is 10.2 Å². The van der Waals surface area contributed by atoms with Gasteiger partial charge in [0.15, 0.2) is 0 Å². The number of halogens is 4. The van der Waals surface area contributed by atoms with Crippen molar-refractivity contribution < 1.29 is 0 Å². The van der Waals surface area contributed by atoms with Crippen LogP contribution in [0.2, 0.25) is 20.1 Å². The Morgan fingerprint density at radius 1 is 0.672 bits per heavy atom. The number of nitrogens with zero attached hydrogens (tertiary/aromatic N) is 6. The van der Waals surface area contributed by atoms with Gasteiger partial charge in [0.2, 0.25) is 0 Å². The number of aryl methyl sites for hydroxylation is 2. The normalized spacial score (nSPS) is 12.6. The van der Waals surface area contributed by atoms with Crippen LogP contribution in [0.1, 0.15) is 116 Å². The highest BCUT2D eigenvalue weighted by Gasteiger charge is 2.29. The molecule has 7 rings (SSSR count). The summed E-state index contributed by atoms with van der Waals surface area (Å²) in [6, 6.07) is 16.4. The molecule has 0 spiro atoms. The van der Waals surface area contributed by atoms with Gasteiger partial charge in [0.05, 0.1) is 28.0 Å². The van der Waals surface area contributed by atoms with E-state index >= 15 is 0 Å². The van der Waals surface area contributed by atoms with E-state index in [1.165, 1.54) is 82.7 Å². The van der Waals surface area contributed by atoms with E-state index in [1.54, 1.807) is 12.1 Å². The zero-order valence-corrected chi connectivity index (χ0v) is 37.9. The molecule has 1 aliphatic rings. The highest BCUT2D eigenvalue weighted by molar-refractivity contribution is 6.37. The van der Waals surface area contributed by atoms with Crippen molar-refractivity contribution in [1.82, 2.24) is 29.9 Å². The van der Waals surface area contributed by atoms with Crippen LogP contribution in [0.15, 0.2) is 48.5 Å². The van der Waals surface area contributed by atoms with Crippen LogP contribution in [0.4, 0.5) is 11.4 Å². The Morgan fingerprint density at radius 2 is 1.22 bits per heavy atom. The van der Waals surface area contributed by atoms with Gasteiger partial charge in [-0.1, -0.05) is 125 Å². The third-order valence-corrected chi connectivity index (χ3v) is 12.2. The number of aromatic amines is 1. The van der Waals surface area contributed by atoms with Gasteiger partial charge in [0.25, 0.3) is 0 Å². The molecule has 58 heavy (non-hydrogen) atoms. The van der Waals surface area contributed by atoms with Gasteiger partial charge >= 0.3 is 0 Å². The monoisotopic (exact) mass is 862 g/mol. The number of hydrogen-bond donors (Lipinski definition) is 2. The minimum atomic E-state index is 0.454. The van der Waals surface area contributed by atoms with Crippen LogP contribution in [0, 0.1) is 13.8 Å². The van der Waals surface area contributed by atoms with E-state index in [2.05, 4.69) is 71.8 Å². The van der Waals surface area contributed by atoms with E-state index in [0.717, 1.165) is 74.7 Å². The maximum absolute atomic E-state index is 6.53. The molecule has 0 bridgehead atoms. The summed E-state index contributed by atoms with van der Waals surface area (Å²) >= 11 is 25.1. The molecule has 12 heteroatoms. The first-order chi connectivity index (χ1) is 28.1. The number of benzene rings is 2. The summed E-state index contributed by atoms with van der Waals surface area (Å²) in [5.74, 6) is 0. The third kappa shape index (κ3) is 10.2. The zero-order valence-electron chi connectivity index (χ0n) is 34.9. The fourth-order valence-corrected chi connectivity index (χ4v) is 9.08. The van der Waals surface area contributed by atoms with Crippen molar-refractivity contribution in [1.29, 1.82) is 0 Å². The van der Waals surface area contributed by atoms with Crippen molar-refractivity contribution in [3.8, 4) is 22.5 Å². The molecule has 5 heterocycles. The lowest BCUT2D eigenvalue weighted by Crippen LogP contribution is -2.40. The third-order valence-electron chi connectivity index (χ3n) is 11.1. The van der Waals surface area contributed by atoms with Gasteiger partial charge in [-0.2, -0.15) is 10.2 Å². The molecule has 2 aromatic carbocycles. The highest BCUT2D eigenvalue weighted by Crippen LogP contribution is 2.40. The topological polar surface area (TPSA) is 87.6 Å². The molecule has 0 amide bonds. The largest absolute Gasteiger partial charge is 0.380 e. The zero-order chi connectivity index (χ0) is 41.3. The van der Waals surface area contributed by atoms with Crippen LogP contribution in [0.5, 0.6) is 0 Å². The standard InChI is InChI=1S/C24H30Cl2N4.C22H28Cl2N4/c1-4-6-8-18(9-7-5-2)29-12-13-30-24-21(29)14-16(3)27-23(24)22(28-30)19-11-10-17(25)15-20(19)26;1-4-6-8-16(9-7-5-2)26-19-12-14(3)25-22-20(27-28-21(19)22)17-11-10-15(23)13-18(17)24/h10-11,14-15,18H,4-9,12-13H2,1-3H3;10-13,16H,4-9H2,1-3H3,(H,25,26)(H,27,28). The maximum atomic E-state index is 6.53. The minimum absolute atomic E-state index is 0.454. The van der Waals surface area contributed by atoms with Gasteiger partial charge in [-0.3, -0.25) is 9.78 Å². The molecular formula is C46H58Cl4N8. The second-order valence-electron chi connectivity index (χ2n) is 15.7. The first-order valence-electron chi connectivity index (χ1n) is 21.2. The van der Waals surface area contributed by atoms with Gasteiger partial charge in [0.1, 0.15) is 33.5 Å². The van der Waals surface area contributed by atoms with Crippen LogP contribution in [0.25, 0.3) is 44.6 Å². The number of anilines is 2. The summed E-state index contributed by atoms with van der Waals surface area (Å²) in [5, 5.41) is 18.8. The van der Waals surface area contributed by atoms with Crippen LogP contribution in [-0.4, -0.2) is 48.6 Å². The molecule has 0 aliphatic carbocycles. The minimum Gasteiger partial charge on any atom is -0.380 e. The lowest BCUT2D eigenvalue weighted by molar-refractivity contribution is 0.456. The molecule has 2 N–H and O–H groups in total. The predicted molar refractivity (Wildman–Crippen MR) is 248 cm³/mol. The van der Waals surface area contributed by atoms with Crippen molar-refractivity contribution in [2.45, 2.75) is 137 Å². The van der Waals surface area contributed by atoms with Crippen LogP contribution >= 0.6 is 46.4 Å². The van der Waals surface area contributed by atoms with E-state index in [9.17, 15) is 0 Å². The number of nitrogens with one attached hydrogen (secondary N) is 2. The second-order valence-corrected chi connectivity index (χ2v) is 17.4. The number of hydrogen-bond acceptors (Lipinski definition) is 6. The lowest BCUT2D eigenvalue weighted by Gasteiger charge is -2.37. The average molecular weight is 865 g/mol. The van der Waals surface area contributed by atoms with Crippen LogP contribution in [0.3, 0.4) is 0 Å². The lowest BCUT2D eigenvalue weighted by atomic mass is 10.00. The predicted octanol–water partition coefficient (Wildman–Crippen LogP) is 14.7. The smallest absolute Gasteiger partial charge is 0.120 e. The summed E-state index contributed by atoms with van der Waals surface area (Å²) in [4.78, 5) is 12.3. The molecule has 0 unspecified atom stereocenters. The van der Waals surface area contributed by atoms with Gasteiger partial charge in [0, 0.05) is 51.2 Å². The second kappa shape index (κ2) is 20.6. The van der Waals surface area contributed by atoms with E-state index in [-0.39, 0.29) is 0 Å². The van der Waals surface area contributed by atoms with Gasteiger partial charge in [-0.05, 0) is 88.1 Å². The van der Waals surface area contributed by atoms with Crippen LogP contribution < -0.4 is 10.2 Å². The molecule has 0 radical (unpaired) electrons. The fraction of sp³-hybridized carbons (Fsp3) is 0.478. The molecule has 0 saturated heterocycles. The Labute approximate surface area is 364 Å². The van der Waals surface area contributed by atoms with Crippen molar-refractivity contribution in [3.05, 3.63) is 80.0 Å². The Kier molecular flexibility index (Phi) is 15.6. The Bertz CT molecular complexity index is 2280. The molecule has 4 aromatic heterocycles. The van der Waals surface area contributed by atoms with Crippen molar-refractivity contribution in [2.75, 3.05) is 16.8 Å². The van der Waals surface area contributed by atoms with Crippen LogP contribution in [-0.2, 0) is 6.54 Å². The van der Waals surface area contributed by atoms with Gasteiger partial charge in [-0.25, -0.2) is 9.97 Å². The molecule has 310 valence electrons. The molecule has 6 aromatic rings. The first-order valence-corrected chi connectivity index (χ1v) is 22.8. The molecule has 0 fully saturated rings. The Balaban J connectivity index is 0.000000196. The number of aromatic nitrogens is 6. The molecular weight excluding hydrogens is 806 g/mol.